The van der Waals surface area contributed by atoms with Crippen LogP contribution in [-0.2, 0) is 20.9 Å². The van der Waals surface area contributed by atoms with Crippen LogP contribution in [0.3, 0.4) is 0 Å². The number of carbonyl (C=O) groups is 3. The van der Waals surface area contributed by atoms with Crippen molar-refractivity contribution in [1.29, 1.82) is 0 Å². The van der Waals surface area contributed by atoms with Crippen molar-refractivity contribution in [2.45, 2.75) is 55.7 Å². The molecule has 3 aliphatic heterocycles. The smallest absolute Gasteiger partial charge is 0.248 e. The van der Waals surface area contributed by atoms with Crippen molar-refractivity contribution in [3.05, 3.63) is 60.2 Å². The number of rotatable bonds is 11. The van der Waals surface area contributed by atoms with Gasteiger partial charge in [0.1, 0.15) is 6.04 Å². The van der Waals surface area contributed by atoms with Gasteiger partial charge >= 0.3 is 0 Å². The molecule has 208 valence electrons. The third-order valence-corrected chi connectivity index (χ3v) is 10.4. The average Bonchev–Trinajstić information content (AvgIpc) is 3.60. The van der Waals surface area contributed by atoms with E-state index in [2.05, 4.69) is 29.4 Å². The summed E-state index contributed by atoms with van der Waals surface area (Å²) in [5.74, 6) is -1.50. The Bertz CT molecular complexity index is 1190. The first-order valence-electron chi connectivity index (χ1n) is 14.0. The highest BCUT2D eigenvalue weighted by atomic mass is 32.2. The molecule has 2 aromatic rings. The van der Waals surface area contributed by atoms with Gasteiger partial charge in [0.15, 0.2) is 0 Å². The summed E-state index contributed by atoms with van der Waals surface area (Å²) in [6.45, 7) is 6.63. The molecule has 3 saturated heterocycles. The minimum atomic E-state index is -0.689. The van der Waals surface area contributed by atoms with Gasteiger partial charge in [0, 0.05) is 49.4 Å². The molecule has 8 nitrogen and oxygen atoms in total. The highest BCUT2D eigenvalue weighted by Crippen LogP contribution is 2.66. The average molecular weight is 551 g/mol. The quantitative estimate of drug-likeness (QED) is 0.397. The van der Waals surface area contributed by atoms with Gasteiger partial charge in [-0.2, -0.15) is 0 Å². The summed E-state index contributed by atoms with van der Waals surface area (Å²) in [6, 6.07) is 16.8. The third kappa shape index (κ3) is 5.02. The van der Waals surface area contributed by atoms with Crippen molar-refractivity contribution < 1.29 is 19.5 Å². The number of carbonyl (C=O) groups excluding carboxylic acids is 3. The number of thioether (sulfide) groups is 1. The van der Waals surface area contributed by atoms with Gasteiger partial charge < -0.3 is 25.5 Å². The number of aliphatic hydroxyl groups excluding tert-OH is 1. The first kappa shape index (κ1) is 27.5. The third-order valence-electron chi connectivity index (χ3n) is 8.48. The van der Waals surface area contributed by atoms with E-state index < -0.39 is 22.6 Å². The topological polar surface area (TPSA) is 102 Å². The molecule has 2 aromatic carbocycles. The van der Waals surface area contributed by atoms with Crippen LogP contribution in [0.1, 0.15) is 38.7 Å². The first-order valence-corrected chi connectivity index (χ1v) is 14.9. The molecule has 0 aromatic heterocycles. The van der Waals surface area contributed by atoms with Crippen LogP contribution in [-0.4, -0.2) is 70.0 Å². The van der Waals surface area contributed by atoms with Crippen molar-refractivity contribution >= 4 is 40.9 Å². The summed E-state index contributed by atoms with van der Waals surface area (Å²) in [5.41, 5.74) is 2.77. The van der Waals surface area contributed by atoms with Gasteiger partial charge in [-0.3, -0.25) is 14.4 Å². The maximum Gasteiger partial charge on any atom is 0.248 e. The van der Waals surface area contributed by atoms with Gasteiger partial charge in [-0.25, -0.2) is 0 Å². The number of hydrogen-bond acceptors (Lipinski definition) is 6. The van der Waals surface area contributed by atoms with Crippen LogP contribution in [0.15, 0.2) is 54.6 Å². The van der Waals surface area contributed by atoms with Gasteiger partial charge in [-0.15, -0.1) is 11.8 Å². The molecular weight excluding hydrogens is 512 g/mol. The lowest BCUT2D eigenvalue weighted by atomic mass is 9.70. The summed E-state index contributed by atoms with van der Waals surface area (Å²) in [5, 5.41) is 15.7. The fourth-order valence-electron chi connectivity index (χ4n) is 6.69. The maximum absolute atomic E-state index is 13.9. The Hall–Kier alpha value is -3.04. The van der Waals surface area contributed by atoms with E-state index in [4.69, 9.17) is 0 Å². The molecule has 0 radical (unpaired) electrons. The monoisotopic (exact) mass is 550 g/mol. The standard InChI is InChI=1S/C30H38N4O4S/c1-3-33(4-2)22-13-11-21(12-14-22)32-28(37)26-30-16-15-23(39-30)24(25(30)29(38)34(26)17-8-18-35)27(36)31-19-20-9-6-5-7-10-20/h5-7,9-14,23-26,35H,3-4,8,15-19H2,1-2H3,(H,31,36)(H,32,37)/t23-,24+,25+,26?,30?/m1/s1. The summed E-state index contributed by atoms with van der Waals surface area (Å²) < 4.78 is -0.642. The zero-order valence-electron chi connectivity index (χ0n) is 22.6. The van der Waals surface area contributed by atoms with Gasteiger partial charge in [0.25, 0.3) is 0 Å². The van der Waals surface area contributed by atoms with Gasteiger partial charge in [-0.1, -0.05) is 30.3 Å². The second-order valence-electron chi connectivity index (χ2n) is 10.6. The second-order valence-corrected chi connectivity index (χ2v) is 12.2. The van der Waals surface area contributed by atoms with E-state index in [1.54, 1.807) is 16.7 Å². The van der Waals surface area contributed by atoms with E-state index >= 15 is 0 Å². The molecule has 0 saturated carbocycles. The Balaban J connectivity index is 1.37. The summed E-state index contributed by atoms with van der Waals surface area (Å²) in [7, 11) is 0. The summed E-state index contributed by atoms with van der Waals surface area (Å²) in [6.07, 6.45) is 1.90. The summed E-state index contributed by atoms with van der Waals surface area (Å²) >= 11 is 1.65. The van der Waals surface area contributed by atoms with Crippen molar-refractivity contribution in [3.8, 4) is 0 Å². The molecule has 3 heterocycles. The molecule has 5 rings (SSSR count). The van der Waals surface area contributed by atoms with Crippen LogP contribution in [0.4, 0.5) is 11.4 Å². The highest BCUT2D eigenvalue weighted by molar-refractivity contribution is 8.02. The molecular formula is C30H38N4O4S. The molecule has 39 heavy (non-hydrogen) atoms. The van der Waals surface area contributed by atoms with Crippen LogP contribution in [0.2, 0.25) is 0 Å². The molecule has 5 atom stereocenters. The van der Waals surface area contributed by atoms with Gasteiger partial charge in [0.05, 0.1) is 16.6 Å². The van der Waals surface area contributed by atoms with E-state index in [1.165, 1.54) is 0 Å². The lowest BCUT2D eigenvalue weighted by molar-refractivity contribution is -0.139. The second kappa shape index (κ2) is 11.6. The number of nitrogens with zero attached hydrogens (tertiary/aromatic N) is 2. The zero-order valence-corrected chi connectivity index (χ0v) is 23.5. The molecule has 3 N–H and O–H groups in total. The molecule has 2 bridgehead atoms. The van der Waals surface area contributed by atoms with E-state index in [9.17, 15) is 19.5 Å². The normalized spacial score (nSPS) is 26.9. The number of benzene rings is 2. The number of hydrogen-bond donors (Lipinski definition) is 3. The first-order chi connectivity index (χ1) is 18.9. The Morgan fingerprint density at radius 3 is 2.46 bits per heavy atom. The summed E-state index contributed by atoms with van der Waals surface area (Å²) in [4.78, 5) is 45.1. The number of likely N-dealkylation sites (tertiary alicyclic amines) is 1. The fourth-order valence-corrected chi connectivity index (χ4v) is 8.91. The molecule has 3 fully saturated rings. The Morgan fingerprint density at radius 1 is 1.08 bits per heavy atom. The lowest BCUT2D eigenvalue weighted by Crippen LogP contribution is -2.52. The van der Waals surface area contributed by atoms with E-state index in [1.807, 2.05) is 54.6 Å². The number of nitrogens with one attached hydrogen (secondary N) is 2. The molecule has 9 heteroatoms. The van der Waals surface area contributed by atoms with Crippen LogP contribution >= 0.6 is 11.8 Å². The lowest BCUT2D eigenvalue weighted by Gasteiger charge is -2.34. The number of amides is 3. The van der Waals surface area contributed by atoms with E-state index in [-0.39, 0.29) is 36.1 Å². The zero-order chi connectivity index (χ0) is 27.6. The predicted octanol–water partition coefficient (Wildman–Crippen LogP) is 3.26. The van der Waals surface area contributed by atoms with Crippen molar-refractivity contribution in [3.63, 3.8) is 0 Å². The van der Waals surface area contributed by atoms with E-state index in [0.717, 1.165) is 37.2 Å². The van der Waals surface area contributed by atoms with Gasteiger partial charge in [0.2, 0.25) is 17.7 Å². The fraction of sp³-hybridized carbons (Fsp3) is 0.500. The van der Waals surface area contributed by atoms with Crippen LogP contribution in [0.5, 0.6) is 0 Å². The van der Waals surface area contributed by atoms with Crippen molar-refractivity contribution in [2.75, 3.05) is 36.5 Å². The van der Waals surface area contributed by atoms with E-state index in [0.29, 0.717) is 18.7 Å². The van der Waals surface area contributed by atoms with Crippen LogP contribution in [0, 0.1) is 11.8 Å². The molecule has 3 aliphatic rings. The Morgan fingerprint density at radius 2 is 1.79 bits per heavy atom. The van der Waals surface area contributed by atoms with Crippen molar-refractivity contribution in [1.82, 2.24) is 10.2 Å². The Kier molecular flexibility index (Phi) is 8.19. The SMILES string of the molecule is CCN(CC)c1ccc(NC(=O)C2N(CCCO)C(=O)[C@@H]3[C@@H](C(=O)NCc4ccccc4)[C@H]4CCC23S4)cc1. The van der Waals surface area contributed by atoms with Crippen LogP contribution in [0.25, 0.3) is 0 Å². The highest BCUT2D eigenvalue weighted by Gasteiger charge is 2.73. The number of aliphatic hydroxyl groups is 1. The maximum atomic E-state index is 13.9. The van der Waals surface area contributed by atoms with Crippen LogP contribution < -0.4 is 15.5 Å². The molecule has 3 amide bonds. The Labute approximate surface area is 234 Å². The molecule has 0 aliphatic carbocycles. The predicted molar refractivity (Wildman–Crippen MR) is 154 cm³/mol. The van der Waals surface area contributed by atoms with Crippen molar-refractivity contribution in [2.24, 2.45) is 11.8 Å². The van der Waals surface area contributed by atoms with Gasteiger partial charge in [-0.05, 0) is 62.9 Å². The number of anilines is 2. The number of fused-ring (bicyclic) bond motifs is 1. The molecule has 1 spiro atoms. The minimum absolute atomic E-state index is 0.0124. The molecule has 2 unspecified atom stereocenters. The minimum Gasteiger partial charge on any atom is -0.396 e. The largest absolute Gasteiger partial charge is 0.396 e.